The first kappa shape index (κ1) is 12.2. The van der Waals surface area contributed by atoms with Gasteiger partial charge in [0.25, 0.3) is 0 Å². The van der Waals surface area contributed by atoms with Crippen molar-refractivity contribution in [1.82, 2.24) is 15.2 Å². The summed E-state index contributed by atoms with van der Waals surface area (Å²) < 4.78 is 0. The summed E-state index contributed by atoms with van der Waals surface area (Å²) in [5.74, 6) is 1.51. The van der Waals surface area contributed by atoms with Crippen LogP contribution < -0.4 is 11.1 Å². The highest BCUT2D eigenvalue weighted by Crippen LogP contribution is 2.33. The number of hydrogen-bond donors (Lipinski definition) is 4. The molecular weight excluding hydrogens is 218 g/mol. The SMILES string of the molecule is CCC1CCC(O)(CNc2n[nH]c(N)n2)CC1. The van der Waals surface area contributed by atoms with Crippen LogP contribution in [0.2, 0.25) is 0 Å². The van der Waals surface area contributed by atoms with Crippen LogP contribution in [0.15, 0.2) is 0 Å². The molecule has 1 aromatic heterocycles. The van der Waals surface area contributed by atoms with E-state index < -0.39 is 5.60 Å². The van der Waals surface area contributed by atoms with Gasteiger partial charge in [0, 0.05) is 6.54 Å². The van der Waals surface area contributed by atoms with Gasteiger partial charge in [0.2, 0.25) is 11.9 Å². The summed E-state index contributed by atoms with van der Waals surface area (Å²) in [6, 6.07) is 0. The second kappa shape index (κ2) is 4.91. The maximum absolute atomic E-state index is 10.4. The monoisotopic (exact) mass is 239 g/mol. The van der Waals surface area contributed by atoms with Crippen molar-refractivity contribution in [3.05, 3.63) is 0 Å². The summed E-state index contributed by atoms with van der Waals surface area (Å²) in [6.45, 7) is 2.70. The second-order valence-corrected chi connectivity index (χ2v) is 4.97. The Hall–Kier alpha value is -1.30. The molecule has 0 unspecified atom stereocenters. The minimum atomic E-state index is -0.624. The van der Waals surface area contributed by atoms with Crippen molar-refractivity contribution in [1.29, 1.82) is 0 Å². The van der Waals surface area contributed by atoms with E-state index in [4.69, 9.17) is 5.73 Å². The zero-order valence-electron chi connectivity index (χ0n) is 10.2. The molecule has 1 aliphatic rings. The molecule has 6 heteroatoms. The Morgan fingerprint density at radius 3 is 2.76 bits per heavy atom. The number of nitrogens with zero attached hydrogens (tertiary/aromatic N) is 2. The lowest BCUT2D eigenvalue weighted by Gasteiger charge is -2.35. The predicted molar refractivity (Wildman–Crippen MR) is 66.5 cm³/mol. The van der Waals surface area contributed by atoms with Crippen LogP contribution in [0.4, 0.5) is 11.9 Å². The molecule has 0 aromatic carbocycles. The molecule has 0 bridgehead atoms. The van der Waals surface area contributed by atoms with Gasteiger partial charge in [0.15, 0.2) is 0 Å². The maximum atomic E-state index is 10.4. The van der Waals surface area contributed by atoms with Gasteiger partial charge >= 0.3 is 0 Å². The lowest BCUT2D eigenvalue weighted by molar-refractivity contribution is 0.00217. The van der Waals surface area contributed by atoms with Crippen LogP contribution in [0, 0.1) is 5.92 Å². The summed E-state index contributed by atoms with van der Waals surface area (Å²) in [4.78, 5) is 3.95. The molecule has 0 amide bonds. The molecule has 0 radical (unpaired) electrons. The van der Waals surface area contributed by atoms with Gasteiger partial charge < -0.3 is 16.2 Å². The molecule has 0 spiro atoms. The van der Waals surface area contributed by atoms with Crippen molar-refractivity contribution in [2.45, 2.75) is 44.6 Å². The fourth-order valence-electron chi connectivity index (χ4n) is 2.40. The Labute approximate surface area is 101 Å². The molecule has 96 valence electrons. The smallest absolute Gasteiger partial charge is 0.243 e. The fourth-order valence-corrected chi connectivity index (χ4v) is 2.40. The zero-order valence-corrected chi connectivity index (χ0v) is 10.2. The predicted octanol–water partition coefficient (Wildman–Crippen LogP) is 1.13. The third-order valence-corrected chi connectivity index (χ3v) is 3.69. The Morgan fingerprint density at radius 2 is 2.24 bits per heavy atom. The van der Waals surface area contributed by atoms with Crippen molar-refractivity contribution in [2.75, 3.05) is 17.6 Å². The largest absolute Gasteiger partial charge is 0.388 e. The van der Waals surface area contributed by atoms with Gasteiger partial charge in [-0.15, -0.1) is 5.10 Å². The van der Waals surface area contributed by atoms with Crippen molar-refractivity contribution >= 4 is 11.9 Å². The van der Waals surface area contributed by atoms with Crippen molar-refractivity contribution in [3.63, 3.8) is 0 Å². The van der Waals surface area contributed by atoms with Crippen molar-refractivity contribution in [3.8, 4) is 0 Å². The van der Waals surface area contributed by atoms with E-state index in [9.17, 15) is 5.11 Å². The minimum Gasteiger partial charge on any atom is -0.388 e. The van der Waals surface area contributed by atoms with Gasteiger partial charge in [-0.2, -0.15) is 4.98 Å². The van der Waals surface area contributed by atoms with E-state index in [1.165, 1.54) is 6.42 Å². The van der Waals surface area contributed by atoms with Gasteiger partial charge in [-0.25, -0.2) is 5.10 Å². The van der Waals surface area contributed by atoms with Crippen LogP contribution in [-0.2, 0) is 0 Å². The number of nitrogens with two attached hydrogens (primary N) is 1. The quantitative estimate of drug-likeness (QED) is 0.631. The Bertz CT molecular complexity index is 356. The Morgan fingerprint density at radius 1 is 1.53 bits per heavy atom. The average molecular weight is 239 g/mol. The van der Waals surface area contributed by atoms with Crippen LogP contribution in [0.25, 0.3) is 0 Å². The molecule has 17 heavy (non-hydrogen) atoms. The molecule has 2 rings (SSSR count). The third kappa shape index (κ3) is 3.09. The highest BCUT2D eigenvalue weighted by molar-refractivity contribution is 5.30. The normalized spacial score (nSPS) is 29.2. The van der Waals surface area contributed by atoms with Crippen molar-refractivity contribution < 1.29 is 5.11 Å². The standard InChI is InChI=1S/C11H21N5O/c1-2-8-3-5-11(17,6-4-8)7-13-10-14-9(12)15-16-10/h8,17H,2-7H2,1H3,(H4,12,13,14,15,16). The number of anilines is 2. The second-order valence-electron chi connectivity index (χ2n) is 4.97. The van der Waals surface area contributed by atoms with Gasteiger partial charge in [0.1, 0.15) is 0 Å². The zero-order chi connectivity index (χ0) is 12.3. The van der Waals surface area contributed by atoms with E-state index in [2.05, 4.69) is 27.4 Å². The lowest BCUT2D eigenvalue weighted by Crippen LogP contribution is -2.40. The topological polar surface area (TPSA) is 99.8 Å². The molecule has 1 fully saturated rings. The van der Waals surface area contributed by atoms with Crippen LogP contribution in [-0.4, -0.2) is 32.4 Å². The number of nitrogens with one attached hydrogen (secondary N) is 2. The number of aliphatic hydroxyl groups is 1. The Kier molecular flexibility index (Phi) is 3.51. The average Bonchev–Trinajstić information content (AvgIpc) is 2.74. The Balaban J connectivity index is 1.82. The first-order chi connectivity index (χ1) is 8.11. The van der Waals surface area contributed by atoms with E-state index in [-0.39, 0.29) is 5.95 Å². The van der Waals surface area contributed by atoms with E-state index in [0.717, 1.165) is 31.6 Å². The van der Waals surface area contributed by atoms with Crippen LogP contribution in [0.5, 0.6) is 0 Å². The van der Waals surface area contributed by atoms with Gasteiger partial charge in [0.05, 0.1) is 5.60 Å². The number of aromatic amines is 1. The van der Waals surface area contributed by atoms with E-state index >= 15 is 0 Å². The number of hydrogen-bond acceptors (Lipinski definition) is 5. The molecule has 1 saturated carbocycles. The van der Waals surface area contributed by atoms with Crippen LogP contribution in [0.3, 0.4) is 0 Å². The molecule has 1 aromatic rings. The fraction of sp³-hybridized carbons (Fsp3) is 0.818. The first-order valence-electron chi connectivity index (χ1n) is 6.25. The highest BCUT2D eigenvalue weighted by atomic mass is 16.3. The molecule has 0 saturated heterocycles. The summed E-state index contributed by atoms with van der Waals surface area (Å²) in [7, 11) is 0. The number of aromatic nitrogens is 3. The van der Waals surface area contributed by atoms with Crippen LogP contribution in [0.1, 0.15) is 39.0 Å². The summed E-state index contributed by atoms with van der Waals surface area (Å²) in [5, 5.41) is 19.9. The van der Waals surface area contributed by atoms with Gasteiger partial charge in [-0.05, 0) is 31.6 Å². The molecule has 6 nitrogen and oxygen atoms in total. The molecule has 0 atom stereocenters. The van der Waals surface area contributed by atoms with Gasteiger partial charge in [-0.3, -0.25) is 0 Å². The molecule has 1 heterocycles. The van der Waals surface area contributed by atoms with E-state index in [0.29, 0.717) is 12.5 Å². The summed E-state index contributed by atoms with van der Waals surface area (Å²) in [5.41, 5.74) is 4.80. The van der Waals surface area contributed by atoms with E-state index in [1.807, 2.05) is 0 Å². The molecule has 5 N–H and O–H groups in total. The number of nitrogen functional groups attached to an aromatic ring is 1. The highest BCUT2D eigenvalue weighted by Gasteiger charge is 2.32. The number of rotatable bonds is 4. The first-order valence-corrected chi connectivity index (χ1v) is 6.25. The van der Waals surface area contributed by atoms with Crippen molar-refractivity contribution in [2.24, 2.45) is 5.92 Å². The molecule has 0 aliphatic heterocycles. The number of H-pyrrole nitrogens is 1. The third-order valence-electron chi connectivity index (χ3n) is 3.69. The molecular formula is C11H21N5O. The summed E-state index contributed by atoms with van der Waals surface area (Å²) >= 11 is 0. The van der Waals surface area contributed by atoms with Crippen LogP contribution >= 0.6 is 0 Å². The lowest BCUT2D eigenvalue weighted by atomic mass is 9.78. The maximum Gasteiger partial charge on any atom is 0.243 e. The van der Waals surface area contributed by atoms with E-state index in [1.54, 1.807) is 0 Å². The molecule has 1 aliphatic carbocycles. The minimum absolute atomic E-state index is 0.286. The summed E-state index contributed by atoms with van der Waals surface area (Å²) in [6.07, 6.45) is 5.10. The van der Waals surface area contributed by atoms with Gasteiger partial charge in [-0.1, -0.05) is 13.3 Å².